The van der Waals surface area contributed by atoms with Crippen LogP contribution in [0.15, 0.2) is 41.3 Å². The first-order valence-corrected chi connectivity index (χ1v) is 12.6. The van der Waals surface area contributed by atoms with Crippen molar-refractivity contribution < 1.29 is 17.9 Å². The van der Waals surface area contributed by atoms with E-state index in [0.717, 1.165) is 22.4 Å². The van der Waals surface area contributed by atoms with Crippen molar-refractivity contribution in [1.29, 1.82) is 0 Å². The summed E-state index contributed by atoms with van der Waals surface area (Å²) in [6, 6.07) is 9.08. The maximum absolute atomic E-state index is 13.2. The monoisotopic (exact) mass is 478 g/mol. The largest absolute Gasteiger partial charge is 0.496 e. The molecular formula is C24H31ClN2O4S. The lowest BCUT2D eigenvalue weighted by atomic mass is 9.93. The molecule has 0 saturated carbocycles. The summed E-state index contributed by atoms with van der Waals surface area (Å²) in [5, 5.41) is 3.50. The third kappa shape index (κ3) is 4.95. The van der Waals surface area contributed by atoms with E-state index >= 15 is 0 Å². The van der Waals surface area contributed by atoms with E-state index in [1.165, 1.54) is 16.4 Å². The first kappa shape index (κ1) is 24.6. The van der Waals surface area contributed by atoms with Gasteiger partial charge in [0.2, 0.25) is 15.9 Å². The second-order valence-corrected chi connectivity index (χ2v) is 10.9. The minimum Gasteiger partial charge on any atom is -0.496 e. The van der Waals surface area contributed by atoms with Gasteiger partial charge in [-0.1, -0.05) is 25.4 Å². The van der Waals surface area contributed by atoms with E-state index < -0.39 is 16.1 Å². The molecule has 2 atom stereocenters. The molecule has 0 aromatic heterocycles. The molecule has 1 fully saturated rings. The molecule has 0 radical (unpaired) electrons. The van der Waals surface area contributed by atoms with Crippen molar-refractivity contribution in [3.05, 3.63) is 58.1 Å². The number of nitrogens with one attached hydrogen (secondary N) is 1. The molecule has 6 nitrogen and oxygen atoms in total. The normalized spacial score (nSPS) is 18.0. The van der Waals surface area contributed by atoms with E-state index in [2.05, 4.69) is 25.2 Å². The van der Waals surface area contributed by atoms with Crippen molar-refractivity contribution >= 4 is 27.5 Å². The Morgan fingerprint density at radius 3 is 2.41 bits per heavy atom. The average Bonchev–Trinajstić information content (AvgIpc) is 3.24. The summed E-state index contributed by atoms with van der Waals surface area (Å²) >= 11 is 5.90. The molecule has 1 saturated heterocycles. The Balaban J connectivity index is 1.82. The SMILES string of the molecule is COc1cc(C)c([C@H](C)NC(=O)[C@H]2CCCN2S(=O)(=O)c2ccc(Cl)cc2)cc1C(C)C. The molecule has 1 aliphatic rings. The number of sulfonamides is 1. The molecule has 2 aromatic rings. The molecule has 0 spiro atoms. The van der Waals surface area contributed by atoms with Crippen LogP contribution in [-0.2, 0) is 14.8 Å². The zero-order valence-corrected chi connectivity index (χ0v) is 20.8. The van der Waals surface area contributed by atoms with E-state index in [1.54, 1.807) is 19.2 Å². The summed E-state index contributed by atoms with van der Waals surface area (Å²) in [5.74, 6) is 0.812. The highest BCUT2D eigenvalue weighted by Crippen LogP contribution is 2.33. The van der Waals surface area contributed by atoms with Crippen LogP contribution in [0.4, 0.5) is 0 Å². The van der Waals surface area contributed by atoms with E-state index in [0.29, 0.717) is 24.4 Å². The third-order valence-corrected chi connectivity index (χ3v) is 8.17. The number of methoxy groups -OCH3 is 1. The standard InChI is InChI=1S/C24H31ClN2O4S/c1-15(2)20-14-21(16(3)13-23(20)31-5)17(4)26-24(28)22-7-6-12-27(22)32(29,30)19-10-8-18(25)9-11-19/h8-11,13-15,17,22H,6-7,12H2,1-5H3,(H,26,28)/t17-,22+/m0/s1. The van der Waals surface area contributed by atoms with Crippen molar-refractivity contribution in [3.8, 4) is 5.75 Å². The Kier molecular flexibility index (Phi) is 7.53. The molecule has 3 rings (SSSR count). The van der Waals surface area contributed by atoms with Gasteiger partial charge in [-0.15, -0.1) is 0 Å². The number of carbonyl (C=O) groups is 1. The van der Waals surface area contributed by atoms with Gasteiger partial charge in [-0.05, 0) is 85.7 Å². The van der Waals surface area contributed by atoms with Crippen molar-refractivity contribution in [2.24, 2.45) is 0 Å². The zero-order valence-electron chi connectivity index (χ0n) is 19.2. The highest BCUT2D eigenvalue weighted by Gasteiger charge is 2.39. The molecule has 2 aromatic carbocycles. The molecule has 0 bridgehead atoms. The average molecular weight is 479 g/mol. The minimum absolute atomic E-state index is 0.141. The minimum atomic E-state index is -3.79. The van der Waals surface area contributed by atoms with Gasteiger partial charge in [-0.3, -0.25) is 4.79 Å². The van der Waals surface area contributed by atoms with Crippen LogP contribution < -0.4 is 10.1 Å². The fraction of sp³-hybridized carbons (Fsp3) is 0.458. The van der Waals surface area contributed by atoms with Gasteiger partial charge in [-0.25, -0.2) is 8.42 Å². The summed E-state index contributed by atoms with van der Waals surface area (Å²) in [6.07, 6.45) is 1.13. The molecule has 1 N–H and O–H groups in total. The molecule has 0 aliphatic carbocycles. The number of benzene rings is 2. The topological polar surface area (TPSA) is 75.7 Å². The number of nitrogens with zero attached hydrogens (tertiary/aromatic N) is 1. The van der Waals surface area contributed by atoms with E-state index in [9.17, 15) is 13.2 Å². The van der Waals surface area contributed by atoms with Crippen LogP contribution in [0.1, 0.15) is 62.3 Å². The molecule has 32 heavy (non-hydrogen) atoms. The Bertz CT molecular complexity index is 1080. The van der Waals surface area contributed by atoms with Crippen molar-refractivity contribution in [2.45, 2.75) is 63.4 Å². The Labute approximate surface area is 196 Å². The first-order valence-electron chi connectivity index (χ1n) is 10.8. The fourth-order valence-corrected chi connectivity index (χ4v) is 6.01. The van der Waals surface area contributed by atoms with Gasteiger partial charge in [0.05, 0.1) is 18.0 Å². The zero-order chi connectivity index (χ0) is 23.6. The number of halogens is 1. The third-order valence-electron chi connectivity index (χ3n) is 5.99. The van der Waals surface area contributed by atoms with Gasteiger partial charge in [-0.2, -0.15) is 4.31 Å². The van der Waals surface area contributed by atoms with Crippen molar-refractivity contribution in [2.75, 3.05) is 13.7 Å². The van der Waals surface area contributed by atoms with E-state index in [-0.39, 0.29) is 22.8 Å². The maximum atomic E-state index is 13.2. The Morgan fingerprint density at radius 2 is 1.81 bits per heavy atom. The fourth-order valence-electron chi connectivity index (χ4n) is 4.23. The highest BCUT2D eigenvalue weighted by atomic mass is 35.5. The van der Waals surface area contributed by atoms with Crippen LogP contribution in [0.25, 0.3) is 0 Å². The van der Waals surface area contributed by atoms with Crippen LogP contribution in [0.2, 0.25) is 5.02 Å². The van der Waals surface area contributed by atoms with Gasteiger partial charge >= 0.3 is 0 Å². The molecule has 1 amide bonds. The van der Waals surface area contributed by atoms with Crippen LogP contribution >= 0.6 is 11.6 Å². The van der Waals surface area contributed by atoms with Crippen LogP contribution in [0.5, 0.6) is 5.75 Å². The van der Waals surface area contributed by atoms with Gasteiger partial charge in [0.1, 0.15) is 11.8 Å². The number of ether oxygens (including phenoxy) is 1. The lowest BCUT2D eigenvalue weighted by Gasteiger charge is -2.26. The van der Waals surface area contributed by atoms with Crippen LogP contribution in [-0.4, -0.2) is 38.3 Å². The predicted molar refractivity (Wildman–Crippen MR) is 127 cm³/mol. The van der Waals surface area contributed by atoms with Crippen LogP contribution in [0, 0.1) is 6.92 Å². The van der Waals surface area contributed by atoms with E-state index in [1.807, 2.05) is 19.9 Å². The lowest BCUT2D eigenvalue weighted by Crippen LogP contribution is -2.46. The molecular weight excluding hydrogens is 448 g/mol. The number of aryl methyl sites for hydroxylation is 1. The summed E-state index contributed by atoms with van der Waals surface area (Å²) in [5.41, 5.74) is 3.08. The van der Waals surface area contributed by atoms with Crippen LogP contribution in [0.3, 0.4) is 0 Å². The molecule has 1 aliphatic heterocycles. The van der Waals surface area contributed by atoms with E-state index in [4.69, 9.17) is 16.3 Å². The van der Waals surface area contributed by atoms with Gasteiger partial charge < -0.3 is 10.1 Å². The number of amides is 1. The summed E-state index contributed by atoms with van der Waals surface area (Å²) < 4.78 is 33.1. The van der Waals surface area contributed by atoms with Gasteiger partial charge in [0, 0.05) is 11.6 Å². The number of carbonyl (C=O) groups excluding carboxylic acids is 1. The summed E-state index contributed by atoms with van der Waals surface area (Å²) in [4.78, 5) is 13.3. The second kappa shape index (κ2) is 9.81. The molecule has 1 heterocycles. The lowest BCUT2D eigenvalue weighted by molar-refractivity contribution is -0.124. The summed E-state index contributed by atoms with van der Waals surface area (Å²) in [7, 11) is -2.13. The first-order chi connectivity index (χ1) is 15.1. The Hall–Kier alpha value is -2.09. The van der Waals surface area contributed by atoms with Crippen molar-refractivity contribution in [3.63, 3.8) is 0 Å². The molecule has 8 heteroatoms. The quantitative estimate of drug-likeness (QED) is 0.619. The highest BCUT2D eigenvalue weighted by molar-refractivity contribution is 7.89. The summed E-state index contributed by atoms with van der Waals surface area (Å²) in [6.45, 7) is 8.41. The van der Waals surface area contributed by atoms with Gasteiger partial charge in [0.15, 0.2) is 0 Å². The predicted octanol–water partition coefficient (Wildman–Crippen LogP) is 4.81. The molecule has 174 valence electrons. The number of hydrogen-bond acceptors (Lipinski definition) is 4. The number of hydrogen-bond donors (Lipinski definition) is 1. The number of rotatable bonds is 7. The van der Waals surface area contributed by atoms with Gasteiger partial charge in [0.25, 0.3) is 0 Å². The Morgan fingerprint density at radius 1 is 1.16 bits per heavy atom. The van der Waals surface area contributed by atoms with Crippen molar-refractivity contribution in [1.82, 2.24) is 9.62 Å². The molecule has 0 unspecified atom stereocenters. The smallest absolute Gasteiger partial charge is 0.243 e. The second-order valence-electron chi connectivity index (χ2n) is 8.56. The maximum Gasteiger partial charge on any atom is 0.243 e.